The molecule has 0 aliphatic rings. The highest BCUT2D eigenvalue weighted by atomic mass is 19.4. The lowest BCUT2D eigenvalue weighted by atomic mass is 10.0. The predicted molar refractivity (Wildman–Crippen MR) is 72.5 cm³/mol. The van der Waals surface area contributed by atoms with Gasteiger partial charge in [0.1, 0.15) is 12.4 Å². The minimum Gasteiger partial charge on any atom is -0.327 e. The molecule has 0 radical (unpaired) electrons. The standard InChI is InChI=1S/C15H19F4NO/c1-9(2)11(4)20(8-15(17,18)19)14(21)12-5-10(3)6-13(16)7-12/h5-7,9,11H,8H2,1-4H3/t11-/m1/s1. The number of amides is 1. The molecule has 0 saturated carbocycles. The van der Waals surface area contributed by atoms with Gasteiger partial charge in [-0.05, 0) is 43.5 Å². The van der Waals surface area contributed by atoms with E-state index in [9.17, 15) is 22.4 Å². The van der Waals surface area contributed by atoms with Crippen LogP contribution in [0.15, 0.2) is 18.2 Å². The summed E-state index contributed by atoms with van der Waals surface area (Å²) in [6, 6.07) is 2.97. The maximum Gasteiger partial charge on any atom is 0.406 e. The topological polar surface area (TPSA) is 20.3 Å². The zero-order valence-electron chi connectivity index (χ0n) is 12.5. The number of carbonyl (C=O) groups excluding carboxylic acids is 1. The molecule has 0 saturated heterocycles. The van der Waals surface area contributed by atoms with E-state index >= 15 is 0 Å². The highest BCUT2D eigenvalue weighted by Gasteiger charge is 2.36. The molecule has 118 valence electrons. The average Bonchev–Trinajstić information content (AvgIpc) is 2.31. The number of rotatable bonds is 4. The number of aryl methyl sites for hydroxylation is 1. The lowest BCUT2D eigenvalue weighted by Gasteiger charge is -2.32. The highest BCUT2D eigenvalue weighted by molar-refractivity contribution is 5.94. The molecule has 1 aromatic carbocycles. The molecule has 0 bridgehead atoms. The van der Waals surface area contributed by atoms with Crippen LogP contribution < -0.4 is 0 Å². The van der Waals surface area contributed by atoms with Crippen molar-refractivity contribution in [3.63, 3.8) is 0 Å². The molecular formula is C15H19F4NO. The molecular weight excluding hydrogens is 286 g/mol. The number of alkyl halides is 3. The monoisotopic (exact) mass is 305 g/mol. The molecule has 1 amide bonds. The van der Waals surface area contributed by atoms with Crippen molar-refractivity contribution in [1.29, 1.82) is 0 Å². The lowest BCUT2D eigenvalue weighted by Crippen LogP contribution is -2.46. The van der Waals surface area contributed by atoms with Gasteiger partial charge in [-0.2, -0.15) is 13.2 Å². The smallest absolute Gasteiger partial charge is 0.327 e. The molecule has 6 heteroatoms. The van der Waals surface area contributed by atoms with Crippen molar-refractivity contribution in [1.82, 2.24) is 4.90 Å². The van der Waals surface area contributed by atoms with Crippen molar-refractivity contribution >= 4 is 5.91 Å². The number of hydrogen-bond acceptors (Lipinski definition) is 1. The first-order chi connectivity index (χ1) is 9.51. The summed E-state index contributed by atoms with van der Waals surface area (Å²) in [6.45, 7) is 5.26. The third-order valence-electron chi connectivity index (χ3n) is 3.36. The number of benzene rings is 1. The van der Waals surface area contributed by atoms with E-state index in [-0.39, 0.29) is 11.5 Å². The maximum atomic E-state index is 13.4. The van der Waals surface area contributed by atoms with Gasteiger partial charge in [0.05, 0.1) is 0 Å². The van der Waals surface area contributed by atoms with Crippen LogP contribution in [-0.2, 0) is 0 Å². The van der Waals surface area contributed by atoms with Crippen molar-refractivity contribution in [3.8, 4) is 0 Å². The fourth-order valence-electron chi connectivity index (χ4n) is 1.98. The van der Waals surface area contributed by atoms with Crippen LogP contribution >= 0.6 is 0 Å². The Labute approximate surface area is 121 Å². The Morgan fingerprint density at radius 1 is 1.19 bits per heavy atom. The lowest BCUT2D eigenvalue weighted by molar-refractivity contribution is -0.145. The van der Waals surface area contributed by atoms with Crippen LogP contribution in [0.4, 0.5) is 17.6 Å². The minimum atomic E-state index is -4.50. The summed E-state index contributed by atoms with van der Waals surface area (Å²) in [4.78, 5) is 13.1. The van der Waals surface area contributed by atoms with Gasteiger partial charge in [-0.25, -0.2) is 4.39 Å². The predicted octanol–water partition coefficient (Wildman–Crippen LogP) is 4.18. The number of nitrogens with zero attached hydrogens (tertiary/aromatic N) is 1. The third-order valence-corrected chi connectivity index (χ3v) is 3.36. The Morgan fingerprint density at radius 3 is 2.19 bits per heavy atom. The zero-order chi connectivity index (χ0) is 16.4. The number of halogens is 4. The molecule has 0 aliphatic heterocycles. The Morgan fingerprint density at radius 2 is 1.76 bits per heavy atom. The molecule has 1 aromatic rings. The summed E-state index contributed by atoms with van der Waals surface area (Å²) in [5, 5.41) is 0. The van der Waals surface area contributed by atoms with Gasteiger partial charge in [0, 0.05) is 11.6 Å². The van der Waals surface area contributed by atoms with Crippen molar-refractivity contribution in [2.75, 3.05) is 6.54 Å². The summed E-state index contributed by atoms with van der Waals surface area (Å²) in [5.74, 6) is -1.59. The largest absolute Gasteiger partial charge is 0.406 e. The van der Waals surface area contributed by atoms with Crippen molar-refractivity contribution < 1.29 is 22.4 Å². The van der Waals surface area contributed by atoms with E-state index < -0.39 is 30.5 Å². The van der Waals surface area contributed by atoms with Crippen LogP contribution in [0.2, 0.25) is 0 Å². The zero-order valence-corrected chi connectivity index (χ0v) is 12.5. The second kappa shape index (κ2) is 6.45. The van der Waals surface area contributed by atoms with E-state index in [0.717, 1.165) is 11.0 Å². The fourth-order valence-corrected chi connectivity index (χ4v) is 1.98. The van der Waals surface area contributed by atoms with Crippen LogP contribution in [0.3, 0.4) is 0 Å². The van der Waals surface area contributed by atoms with Crippen molar-refractivity contribution in [2.45, 2.75) is 39.9 Å². The summed E-state index contributed by atoms with van der Waals surface area (Å²) < 4.78 is 51.4. The Balaban J connectivity index is 3.15. The number of carbonyl (C=O) groups is 1. The maximum absolute atomic E-state index is 13.4. The van der Waals surface area contributed by atoms with Crippen molar-refractivity contribution in [2.24, 2.45) is 5.92 Å². The van der Waals surface area contributed by atoms with Gasteiger partial charge in [-0.1, -0.05) is 13.8 Å². The quantitative estimate of drug-likeness (QED) is 0.764. The van der Waals surface area contributed by atoms with Crippen LogP contribution in [-0.4, -0.2) is 29.6 Å². The molecule has 0 aliphatic carbocycles. The molecule has 0 fully saturated rings. The summed E-state index contributed by atoms with van der Waals surface area (Å²) in [7, 11) is 0. The van der Waals surface area contributed by atoms with E-state index in [1.165, 1.54) is 12.1 Å². The van der Waals surface area contributed by atoms with Crippen LogP contribution in [0, 0.1) is 18.7 Å². The van der Waals surface area contributed by atoms with Crippen molar-refractivity contribution in [3.05, 3.63) is 35.1 Å². The van der Waals surface area contributed by atoms with Crippen LogP contribution in [0.5, 0.6) is 0 Å². The fraction of sp³-hybridized carbons (Fsp3) is 0.533. The highest BCUT2D eigenvalue weighted by Crippen LogP contribution is 2.23. The Bertz CT molecular complexity index is 491. The van der Waals surface area contributed by atoms with Gasteiger partial charge in [0.15, 0.2) is 0 Å². The average molecular weight is 305 g/mol. The molecule has 0 N–H and O–H groups in total. The second-order valence-corrected chi connectivity index (χ2v) is 5.55. The van der Waals surface area contributed by atoms with Gasteiger partial charge < -0.3 is 4.90 Å². The first-order valence-corrected chi connectivity index (χ1v) is 6.66. The van der Waals surface area contributed by atoms with Crippen LogP contribution in [0.25, 0.3) is 0 Å². The van der Waals surface area contributed by atoms with Gasteiger partial charge in [0.25, 0.3) is 5.91 Å². The molecule has 0 heterocycles. The Hall–Kier alpha value is -1.59. The van der Waals surface area contributed by atoms with E-state index in [2.05, 4.69) is 0 Å². The van der Waals surface area contributed by atoms with E-state index in [0.29, 0.717) is 5.56 Å². The summed E-state index contributed by atoms with van der Waals surface area (Å²) in [5.41, 5.74) is 0.423. The number of hydrogen-bond donors (Lipinski definition) is 0. The molecule has 0 spiro atoms. The third kappa shape index (κ3) is 5.02. The molecule has 1 rings (SSSR count). The second-order valence-electron chi connectivity index (χ2n) is 5.55. The van der Waals surface area contributed by atoms with Gasteiger partial charge in [-0.3, -0.25) is 4.79 Å². The van der Waals surface area contributed by atoms with Crippen LogP contribution in [0.1, 0.15) is 36.7 Å². The van der Waals surface area contributed by atoms with E-state index in [1.807, 2.05) is 0 Å². The Kier molecular flexibility index (Phi) is 5.36. The molecule has 21 heavy (non-hydrogen) atoms. The molecule has 1 atom stereocenters. The van der Waals surface area contributed by atoms with E-state index in [4.69, 9.17) is 0 Å². The van der Waals surface area contributed by atoms with Gasteiger partial charge >= 0.3 is 6.18 Å². The van der Waals surface area contributed by atoms with Gasteiger partial charge in [0.2, 0.25) is 0 Å². The summed E-state index contributed by atoms with van der Waals surface area (Å²) in [6.07, 6.45) is -4.50. The normalized spacial score (nSPS) is 13.4. The van der Waals surface area contributed by atoms with E-state index in [1.54, 1.807) is 27.7 Å². The SMILES string of the molecule is Cc1cc(F)cc(C(=O)N(CC(F)(F)F)[C@H](C)C(C)C)c1. The molecule has 2 nitrogen and oxygen atoms in total. The molecule has 0 aromatic heterocycles. The minimum absolute atomic E-state index is 0.0655. The van der Waals surface area contributed by atoms with Gasteiger partial charge in [-0.15, -0.1) is 0 Å². The first-order valence-electron chi connectivity index (χ1n) is 6.66. The summed E-state index contributed by atoms with van der Waals surface area (Å²) >= 11 is 0. The molecule has 0 unspecified atom stereocenters. The first kappa shape index (κ1) is 17.5.